The van der Waals surface area contributed by atoms with Crippen molar-refractivity contribution in [1.82, 2.24) is 9.62 Å². The van der Waals surface area contributed by atoms with E-state index in [9.17, 15) is 13.2 Å². The molecule has 128 valence electrons. The van der Waals surface area contributed by atoms with E-state index in [0.29, 0.717) is 10.8 Å². The number of carbonyl (C=O) groups is 1. The van der Waals surface area contributed by atoms with E-state index in [2.05, 4.69) is 21.2 Å². The van der Waals surface area contributed by atoms with Gasteiger partial charge in [0.1, 0.15) is 4.21 Å². The first-order chi connectivity index (χ1) is 11.0. The van der Waals surface area contributed by atoms with Crippen LogP contribution in [0.1, 0.15) is 38.5 Å². The summed E-state index contributed by atoms with van der Waals surface area (Å²) >= 11 is 4.51. The molecule has 8 heteroatoms. The van der Waals surface area contributed by atoms with Gasteiger partial charge in [-0.2, -0.15) is 4.31 Å². The van der Waals surface area contributed by atoms with Gasteiger partial charge in [-0.1, -0.05) is 12.8 Å². The molecule has 1 saturated heterocycles. The van der Waals surface area contributed by atoms with Crippen LogP contribution < -0.4 is 5.32 Å². The van der Waals surface area contributed by atoms with E-state index in [1.54, 1.807) is 12.1 Å². The summed E-state index contributed by atoms with van der Waals surface area (Å²) in [6.45, 7) is 0.779. The highest BCUT2D eigenvalue weighted by Crippen LogP contribution is 2.31. The van der Waals surface area contributed by atoms with Crippen LogP contribution in [0.3, 0.4) is 0 Å². The predicted octanol–water partition coefficient (Wildman–Crippen LogP) is 2.97. The van der Waals surface area contributed by atoms with Gasteiger partial charge in [-0.25, -0.2) is 8.42 Å². The van der Waals surface area contributed by atoms with Crippen LogP contribution >= 0.6 is 27.3 Å². The highest BCUT2D eigenvalue weighted by molar-refractivity contribution is 9.11. The molecular formula is C15H21BrN2O3S2. The second-order valence-electron chi connectivity index (χ2n) is 6.25. The minimum Gasteiger partial charge on any atom is -0.353 e. The molecule has 0 aromatic carbocycles. The SMILES string of the molecule is O=C(NC1CCCC1)[C@H]1CCCN(S(=O)(=O)c2ccc(Br)s2)C1. The van der Waals surface area contributed by atoms with E-state index in [1.807, 2.05) is 0 Å². The van der Waals surface area contributed by atoms with Crippen LogP contribution in [0.4, 0.5) is 0 Å². The van der Waals surface area contributed by atoms with Gasteiger partial charge in [-0.05, 0) is 53.7 Å². The molecule has 1 N–H and O–H groups in total. The Bertz CT molecular complexity index is 668. The van der Waals surface area contributed by atoms with Crippen molar-refractivity contribution in [2.75, 3.05) is 13.1 Å². The molecule has 1 amide bonds. The monoisotopic (exact) mass is 420 g/mol. The number of nitrogens with one attached hydrogen (secondary N) is 1. The lowest BCUT2D eigenvalue weighted by Gasteiger charge is -2.31. The average Bonchev–Trinajstić information content (AvgIpc) is 3.19. The summed E-state index contributed by atoms with van der Waals surface area (Å²) in [7, 11) is -3.49. The molecule has 5 nitrogen and oxygen atoms in total. The first kappa shape index (κ1) is 17.4. The Hall–Kier alpha value is -0.440. The average molecular weight is 421 g/mol. The maximum Gasteiger partial charge on any atom is 0.252 e. The van der Waals surface area contributed by atoms with Gasteiger partial charge in [0.25, 0.3) is 10.0 Å². The highest BCUT2D eigenvalue weighted by Gasteiger charge is 2.34. The number of rotatable bonds is 4. The third kappa shape index (κ3) is 3.97. The van der Waals surface area contributed by atoms with Crippen molar-refractivity contribution in [2.24, 2.45) is 5.92 Å². The largest absolute Gasteiger partial charge is 0.353 e. The van der Waals surface area contributed by atoms with E-state index in [-0.39, 0.29) is 24.4 Å². The molecule has 1 aromatic heterocycles. The lowest BCUT2D eigenvalue weighted by Crippen LogP contribution is -2.47. The lowest BCUT2D eigenvalue weighted by molar-refractivity contribution is -0.126. The fourth-order valence-electron chi connectivity index (χ4n) is 3.33. The third-order valence-corrected chi connectivity index (χ3v) is 8.56. The molecule has 2 fully saturated rings. The second-order valence-corrected chi connectivity index (χ2v) is 10.9. The summed E-state index contributed by atoms with van der Waals surface area (Å²) in [5, 5.41) is 3.10. The first-order valence-corrected chi connectivity index (χ1v) is 11.1. The van der Waals surface area contributed by atoms with Crippen molar-refractivity contribution in [3.8, 4) is 0 Å². The molecule has 0 radical (unpaired) electrons. The van der Waals surface area contributed by atoms with Gasteiger partial charge in [0, 0.05) is 19.1 Å². The molecule has 1 aromatic rings. The van der Waals surface area contributed by atoms with Crippen molar-refractivity contribution < 1.29 is 13.2 Å². The summed E-state index contributed by atoms with van der Waals surface area (Å²) in [4.78, 5) is 12.4. The summed E-state index contributed by atoms with van der Waals surface area (Å²) < 4.78 is 28.0. The highest BCUT2D eigenvalue weighted by atomic mass is 79.9. The second kappa shape index (κ2) is 7.21. The van der Waals surface area contributed by atoms with E-state index >= 15 is 0 Å². The fourth-order valence-corrected chi connectivity index (χ4v) is 7.02. The van der Waals surface area contributed by atoms with Crippen molar-refractivity contribution >= 4 is 43.2 Å². The van der Waals surface area contributed by atoms with Crippen molar-refractivity contribution in [3.63, 3.8) is 0 Å². The zero-order chi connectivity index (χ0) is 16.4. The first-order valence-electron chi connectivity index (χ1n) is 8.02. The molecule has 2 heterocycles. The van der Waals surface area contributed by atoms with Crippen LogP contribution in [0, 0.1) is 5.92 Å². The van der Waals surface area contributed by atoms with E-state index in [0.717, 1.165) is 29.5 Å². The number of hydrogen-bond acceptors (Lipinski definition) is 4. The Labute approximate surface area is 149 Å². The standard InChI is InChI=1S/C15H21BrN2O3S2/c16-13-7-8-14(22-13)23(20,21)18-9-3-4-11(10-18)15(19)17-12-5-1-2-6-12/h7-8,11-12H,1-6,9-10H2,(H,17,19)/t11-/m0/s1. The van der Waals surface area contributed by atoms with Crippen LogP contribution in [0.15, 0.2) is 20.1 Å². The van der Waals surface area contributed by atoms with E-state index < -0.39 is 10.0 Å². The molecule has 0 unspecified atom stereocenters. The third-order valence-electron chi connectivity index (χ3n) is 4.60. The van der Waals surface area contributed by atoms with E-state index in [1.165, 1.54) is 28.5 Å². The normalized spacial score (nSPS) is 24.0. The topological polar surface area (TPSA) is 66.5 Å². The van der Waals surface area contributed by atoms with Gasteiger partial charge in [0.15, 0.2) is 0 Å². The van der Waals surface area contributed by atoms with Crippen molar-refractivity contribution in [3.05, 3.63) is 15.9 Å². The smallest absolute Gasteiger partial charge is 0.252 e. The van der Waals surface area contributed by atoms with Gasteiger partial charge in [-0.15, -0.1) is 11.3 Å². The number of hydrogen-bond donors (Lipinski definition) is 1. The van der Waals surface area contributed by atoms with Gasteiger partial charge < -0.3 is 5.32 Å². The van der Waals surface area contributed by atoms with E-state index in [4.69, 9.17) is 0 Å². The summed E-state index contributed by atoms with van der Waals surface area (Å²) in [5.74, 6) is -0.216. The van der Waals surface area contributed by atoms with Crippen molar-refractivity contribution in [1.29, 1.82) is 0 Å². The maximum absolute atomic E-state index is 12.7. The summed E-state index contributed by atoms with van der Waals surface area (Å²) in [6, 6.07) is 3.64. The van der Waals surface area contributed by atoms with Gasteiger partial charge in [-0.3, -0.25) is 4.79 Å². The van der Waals surface area contributed by atoms with Crippen LogP contribution in [0.5, 0.6) is 0 Å². The summed E-state index contributed by atoms with van der Waals surface area (Å²) in [5.41, 5.74) is 0. The molecule has 3 rings (SSSR count). The molecular weight excluding hydrogens is 400 g/mol. The molecule has 1 aliphatic carbocycles. The molecule has 1 atom stereocenters. The van der Waals surface area contributed by atoms with Crippen LogP contribution in [-0.2, 0) is 14.8 Å². The number of carbonyl (C=O) groups excluding carboxylic acids is 1. The van der Waals surface area contributed by atoms with Crippen LogP contribution in [0.2, 0.25) is 0 Å². The number of halogens is 1. The Morgan fingerprint density at radius 1 is 1.22 bits per heavy atom. The number of thiophene rings is 1. The van der Waals surface area contributed by atoms with Crippen LogP contribution in [-0.4, -0.2) is 37.8 Å². The zero-order valence-electron chi connectivity index (χ0n) is 12.8. The molecule has 1 saturated carbocycles. The predicted molar refractivity (Wildman–Crippen MR) is 93.9 cm³/mol. The maximum atomic E-state index is 12.7. The molecule has 2 aliphatic rings. The molecule has 0 bridgehead atoms. The Morgan fingerprint density at radius 3 is 2.61 bits per heavy atom. The van der Waals surface area contributed by atoms with Crippen LogP contribution in [0.25, 0.3) is 0 Å². The minimum atomic E-state index is -3.49. The number of sulfonamides is 1. The molecule has 1 aliphatic heterocycles. The van der Waals surface area contributed by atoms with Gasteiger partial charge in [0.2, 0.25) is 5.91 Å². The van der Waals surface area contributed by atoms with Crippen molar-refractivity contribution in [2.45, 2.75) is 48.8 Å². The summed E-state index contributed by atoms with van der Waals surface area (Å²) in [6.07, 6.45) is 5.92. The number of nitrogens with zero attached hydrogens (tertiary/aromatic N) is 1. The molecule has 0 spiro atoms. The van der Waals surface area contributed by atoms with Gasteiger partial charge in [0.05, 0.1) is 9.70 Å². The zero-order valence-corrected chi connectivity index (χ0v) is 16.1. The lowest BCUT2D eigenvalue weighted by atomic mass is 9.98. The Kier molecular flexibility index (Phi) is 5.45. The van der Waals surface area contributed by atoms with Gasteiger partial charge >= 0.3 is 0 Å². The quantitative estimate of drug-likeness (QED) is 0.813. The number of piperidine rings is 1. The number of amides is 1. The molecule has 23 heavy (non-hydrogen) atoms. The Balaban J connectivity index is 1.66. The Morgan fingerprint density at radius 2 is 1.96 bits per heavy atom. The minimum absolute atomic E-state index is 0.0177. The fraction of sp³-hybridized carbons (Fsp3) is 0.667.